The maximum Gasteiger partial charge on any atom is 0.243 e. The van der Waals surface area contributed by atoms with Gasteiger partial charge in [-0.1, -0.05) is 6.07 Å². The van der Waals surface area contributed by atoms with Crippen LogP contribution >= 0.6 is 0 Å². The second-order valence-electron chi connectivity index (χ2n) is 3.47. The highest BCUT2D eigenvalue weighted by molar-refractivity contribution is 7.89. The Balaban J connectivity index is 2.03. The van der Waals surface area contributed by atoms with E-state index in [1.165, 1.54) is 19.5 Å². The van der Waals surface area contributed by atoms with Crippen LogP contribution in [-0.4, -0.2) is 30.7 Å². The van der Waals surface area contributed by atoms with Crippen LogP contribution in [0, 0.1) is 0 Å². The lowest BCUT2D eigenvalue weighted by Gasteiger charge is -2.05. The number of H-pyrrole nitrogens is 1. The Labute approximate surface area is 104 Å². The molecule has 2 rings (SSSR count). The Morgan fingerprint density at radius 1 is 1.39 bits per heavy atom. The van der Waals surface area contributed by atoms with Crippen molar-refractivity contribution in [1.82, 2.24) is 19.9 Å². The van der Waals surface area contributed by atoms with Crippen LogP contribution in [0.5, 0.6) is 5.88 Å². The second kappa shape index (κ2) is 5.15. The highest BCUT2D eigenvalue weighted by Crippen LogP contribution is 2.09. The van der Waals surface area contributed by atoms with Crippen LogP contribution in [-0.2, 0) is 16.6 Å². The Morgan fingerprint density at radius 3 is 2.78 bits per heavy atom. The van der Waals surface area contributed by atoms with E-state index >= 15 is 0 Å². The first-order valence-corrected chi connectivity index (χ1v) is 6.57. The van der Waals surface area contributed by atoms with Crippen molar-refractivity contribution in [1.29, 1.82) is 0 Å². The van der Waals surface area contributed by atoms with Crippen LogP contribution in [0.3, 0.4) is 0 Å². The minimum Gasteiger partial charge on any atom is -0.481 e. The minimum atomic E-state index is -3.53. The monoisotopic (exact) mass is 268 g/mol. The third kappa shape index (κ3) is 2.84. The number of aromatic nitrogens is 3. The molecule has 0 saturated carbocycles. The molecule has 0 unspecified atom stereocenters. The SMILES string of the molecule is COc1ccc(CNS(=O)(=O)c2cn[nH]c2)cn1. The Morgan fingerprint density at radius 2 is 2.22 bits per heavy atom. The molecule has 0 bridgehead atoms. The van der Waals surface area contributed by atoms with Crippen molar-refractivity contribution in [3.63, 3.8) is 0 Å². The summed E-state index contributed by atoms with van der Waals surface area (Å²) in [5.74, 6) is 0.483. The van der Waals surface area contributed by atoms with Crippen LogP contribution in [0.4, 0.5) is 0 Å². The topological polar surface area (TPSA) is 97.0 Å². The van der Waals surface area contributed by atoms with E-state index in [2.05, 4.69) is 19.9 Å². The first-order chi connectivity index (χ1) is 8.62. The first-order valence-electron chi connectivity index (χ1n) is 5.09. The summed E-state index contributed by atoms with van der Waals surface area (Å²) < 4.78 is 30.9. The molecule has 2 aromatic heterocycles. The number of aromatic amines is 1. The molecule has 0 radical (unpaired) electrons. The summed E-state index contributed by atoms with van der Waals surface area (Å²) in [6.45, 7) is 0.157. The van der Waals surface area contributed by atoms with Crippen molar-refractivity contribution in [3.8, 4) is 5.88 Å². The van der Waals surface area contributed by atoms with Gasteiger partial charge in [-0.15, -0.1) is 0 Å². The van der Waals surface area contributed by atoms with Gasteiger partial charge in [0, 0.05) is 25.0 Å². The van der Waals surface area contributed by atoms with Crippen LogP contribution in [0.25, 0.3) is 0 Å². The number of hydrogen-bond donors (Lipinski definition) is 2. The number of methoxy groups -OCH3 is 1. The smallest absolute Gasteiger partial charge is 0.243 e. The van der Waals surface area contributed by atoms with Crippen molar-refractivity contribution >= 4 is 10.0 Å². The molecule has 0 aliphatic rings. The van der Waals surface area contributed by atoms with Crippen molar-refractivity contribution in [2.75, 3.05) is 7.11 Å². The van der Waals surface area contributed by atoms with E-state index in [-0.39, 0.29) is 11.4 Å². The fourth-order valence-electron chi connectivity index (χ4n) is 1.28. The number of sulfonamides is 1. The van der Waals surface area contributed by atoms with Gasteiger partial charge in [0.2, 0.25) is 15.9 Å². The molecule has 0 saturated heterocycles. The summed E-state index contributed by atoms with van der Waals surface area (Å²) in [5, 5.41) is 6.04. The van der Waals surface area contributed by atoms with Gasteiger partial charge in [-0.05, 0) is 5.56 Å². The van der Waals surface area contributed by atoms with Gasteiger partial charge in [-0.3, -0.25) is 5.10 Å². The van der Waals surface area contributed by atoms with Crippen LogP contribution < -0.4 is 9.46 Å². The van der Waals surface area contributed by atoms with Crippen molar-refractivity contribution in [2.24, 2.45) is 0 Å². The molecule has 0 fully saturated rings. The normalized spacial score (nSPS) is 11.4. The van der Waals surface area contributed by atoms with E-state index in [1.807, 2.05) is 0 Å². The van der Waals surface area contributed by atoms with E-state index in [0.717, 1.165) is 5.56 Å². The molecule has 96 valence electrons. The van der Waals surface area contributed by atoms with Gasteiger partial charge in [0.1, 0.15) is 4.90 Å². The highest BCUT2D eigenvalue weighted by atomic mass is 32.2. The number of nitrogens with zero attached hydrogens (tertiary/aromatic N) is 2. The molecule has 7 nitrogen and oxygen atoms in total. The lowest BCUT2D eigenvalue weighted by atomic mass is 10.3. The van der Waals surface area contributed by atoms with Crippen LogP contribution in [0.1, 0.15) is 5.56 Å². The first kappa shape index (κ1) is 12.5. The van der Waals surface area contributed by atoms with Gasteiger partial charge in [0.15, 0.2) is 0 Å². The molecule has 0 aliphatic heterocycles. The second-order valence-corrected chi connectivity index (χ2v) is 5.23. The highest BCUT2D eigenvalue weighted by Gasteiger charge is 2.14. The van der Waals surface area contributed by atoms with E-state index < -0.39 is 10.0 Å². The van der Waals surface area contributed by atoms with Gasteiger partial charge in [-0.25, -0.2) is 18.1 Å². The summed E-state index contributed by atoms with van der Waals surface area (Å²) in [5.41, 5.74) is 0.739. The van der Waals surface area contributed by atoms with Gasteiger partial charge in [-0.2, -0.15) is 5.10 Å². The summed E-state index contributed by atoms with van der Waals surface area (Å²) >= 11 is 0. The largest absolute Gasteiger partial charge is 0.481 e. The summed E-state index contributed by atoms with van der Waals surface area (Å²) in [7, 11) is -2.02. The predicted molar refractivity (Wildman–Crippen MR) is 63.4 cm³/mol. The fourth-order valence-corrected chi connectivity index (χ4v) is 2.21. The molecular formula is C10H12N4O3S. The molecule has 8 heteroatoms. The number of hydrogen-bond acceptors (Lipinski definition) is 5. The molecule has 0 amide bonds. The van der Waals surface area contributed by atoms with Gasteiger partial charge in [0.25, 0.3) is 0 Å². The molecule has 2 heterocycles. The zero-order chi connectivity index (χ0) is 13.0. The van der Waals surface area contributed by atoms with Crippen molar-refractivity contribution < 1.29 is 13.2 Å². The zero-order valence-corrected chi connectivity index (χ0v) is 10.4. The summed E-state index contributed by atoms with van der Waals surface area (Å²) in [4.78, 5) is 4.09. The maximum atomic E-state index is 11.8. The maximum absolute atomic E-state index is 11.8. The Hall–Kier alpha value is -1.93. The Bertz CT molecular complexity index is 593. The Kier molecular flexibility index (Phi) is 3.58. The molecule has 18 heavy (non-hydrogen) atoms. The summed E-state index contributed by atoms with van der Waals surface area (Å²) in [6, 6.07) is 3.41. The summed E-state index contributed by atoms with van der Waals surface area (Å²) in [6.07, 6.45) is 4.11. The predicted octanol–water partition coefficient (Wildman–Crippen LogP) is 0.292. The number of rotatable bonds is 5. The van der Waals surface area contributed by atoms with Crippen molar-refractivity contribution in [2.45, 2.75) is 11.4 Å². The standard InChI is InChI=1S/C10H12N4O3S/c1-17-10-3-2-8(4-11-10)5-14-18(15,16)9-6-12-13-7-9/h2-4,6-7,14H,5H2,1H3,(H,12,13). The number of pyridine rings is 1. The molecule has 2 N–H and O–H groups in total. The average Bonchev–Trinajstić information content (AvgIpc) is 2.92. The fraction of sp³-hybridized carbons (Fsp3) is 0.200. The van der Waals surface area contributed by atoms with E-state index in [4.69, 9.17) is 4.74 Å². The molecule has 0 aliphatic carbocycles. The van der Waals surface area contributed by atoms with Gasteiger partial charge in [0.05, 0.1) is 13.3 Å². The van der Waals surface area contributed by atoms with Gasteiger partial charge < -0.3 is 4.74 Å². The zero-order valence-electron chi connectivity index (χ0n) is 9.62. The van der Waals surface area contributed by atoms with Crippen LogP contribution in [0.15, 0.2) is 35.6 Å². The third-order valence-electron chi connectivity index (χ3n) is 2.26. The van der Waals surface area contributed by atoms with E-state index in [9.17, 15) is 8.42 Å². The number of ether oxygens (including phenoxy) is 1. The average molecular weight is 268 g/mol. The van der Waals surface area contributed by atoms with Crippen molar-refractivity contribution in [3.05, 3.63) is 36.3 Å². The molecular weight excluding hydrogens is 256 g/mol. The van der Waals surface area contributed by atoms with Crippen LogP contribution in [0.2, 0.25) is 0 Å². The molecule has 0 atom stereocenters. The lowest BCUT2D eigenvalue weighted by Crippen LogP contribution is -2.22. The lowest BCUT2D eigenvalue weighted by molar-refractivity contribution is 0.397. The van der Waals surface area contributed by atoms with E-state index in [1.54, 1.807) is 18.3 Å². The molecule has 2 aromatic rings. The van der Waals surface area contributed by atoms with Gasteiger partial charge >= 0.3 is 0 Å². The van der Waals surface area contributed by atoms with E-state index in [0.29, 0.717) is 5.88 Å². The number of nitrogens with one attached hydrogen (secondary N) is 2. The quantitative estimate of drug-likeness (QED) is 0.812. The molecule has 0 spiro atoms. The third-order valence-corrected chi connectivity index (χ3v) is 3.62. The molecule has 0 aromatic carbocycles. The minimum absolute atomic E-state index is 0.101.